The molecule has 20 heavy (non-hydrogen) atoms. The number of thiophene rings is 1. The molecule has 0 bridgehead atoms. The Morgan fingerprint density at radius 1 is 1.20 bits per heavy atom. The van der Waals surface area contributed by atoms with Gasteiger partial charge in [0, 0.05) is 17.5 Å². The van der Waals surface area contributed by atoms with Crippen LogP contribution in [0.5, 0.6) is 0 Å². The maximum Gasteiger partial charge on any atom is 0.163 e. The van der Waals surface area contributed by atoms with E-state index < -0.39 is 0 Å². The van der Waals surface area contributed by atoms with Crippen LogP contribution in [0.1, 0.15) is 17.4 Å². The Morgan fingerprint density at radius 2 is 2.05 bits per heavy atom. The van der Waals surface area contributed by atoms with E-state index in [4.69, 9.17) is 4.98 Å². The smallest absolute Gasteiger partial charge is 0.163 e. The monoisotopic (exact) mass is 283 g/mol. The minimum atomic E-state index is 0.787. The molecule has 0 atom stereocenters. The van der Waals surface area contributed by atoms with Gasteiger partial charge in [0.2, 0.25) is 0 Å². The van der Waals surface area contributed by atoms with E-state index in [0.29, 0.717) is 0 Å². The molecule has 2 heterocycles. The van der Waals surface area contributed by atoms with Gasteiger partial charge in [0.15, 0.2) is 5.82 Å². The highest BCUT2D eigenvalue weighted by atomic mass is 32.1. The van der Waals surface area contributed by atoms with Gasteiger partial charge in [0.1, 0.15) is 10.6 Å². The highest BCUT2D eigenvalue weighted by molar-refractivity contribution is 7.18. The van der Waals surface area contributed by atoms with Gasteiger partial charge in [0.05, 0.1) is 5.39 Å². The summed E-state index contributed by atoms with van der Waals surface area (Å²) in [5.74, 6) is 1.69. The average molecular weight is 283 g/mol. The molecule has 1 aromatic carbocycles. The normalized spacial score (nSPS) is 10.9. The lowest BCUT2D eigenvalue weighted by Gasteiger charge is -2.06. The average Bonchev–Trinajstić information content (AvgIpc) is 2.89. The topological polar surface area (TPSA) is 37.8 Å². The van der Waals surface area contributed by atoms with Crippen LogP contribution < -0.4 is 5.32 Å². The third kappa shape index (κ3) is 2.27. The van der Waals surface area contributed by atoms with Gasteiger partial charge in [-0.15, -0.1) is 11.3 Å². The molecule has 3 nitrogen and oxygen atoms in total. The molecular formula is C16H17N3S. The number of aryl methyl sites for hydroxylation is 2. The van der Waals surface area contributed by atoms with Crippen molar-refractivity contribution in [3.8, 4) is 11.4 Å². The van der Waals surface area contributed by atoms with Gasteiger partial charge < -0.3 is 5.32 Å². The molecule has 3 aromatic rings. The molecule has 0 saturated carbocycles. The van der Waals surface area contributed by atoms with E-state index in [9.17, 15) is 0 Å². The van der Waals surface area contributed by atoms with Gasteiger partial charge in [-0.05, 0) is 25.5 Å². The second-order valence-corrected chi connectivity index (χ2v) is 5.92. The summed E-state index contributed by atoms with van der Waals surface area (Å²) in [6, 6.07) is 10.5. The van der Waals surface area contributed by atoms with Crippen molar-refractivity contribution < 1.29 is 0 Å². The number of anilines is 1. The molecule has 0 aliphatic rings. The SMILES string of the molecule is CCc1cc2c(NC)nc(-c3cccc(C)c3)nc2s1. The lowest BCUT2D eigenvalue weighted by Crippen LogP contribution is -1.97. The number of aromatic nitrogens is 2. The molecule has 3 rings (SSSR count). The number of rotatable bonds is 3. The zero-order valence-corrected chi connectivity index (χ0v) is 12.7. The zero-order chi connectivity index (χ0) is 14.1. The molecule has 0 spiro atoms. The van der Waals surface area contributed by atoms with Crippen molar-refractivity contribution in [2.24, 2.45) is 0 Å². The van der Waals surface area contributed by atoms with Crippen LogP contribution in [0.2, 0.25) is 0 Å². The van der Waals surface area contributed by atoms with Crippen LogP contribution in [0.4, 0.5) is 5.82 Å². The molecular weight excluding hydrogens is 266 g/mol. The van der Waals surface area contributed by atoms with Gasteiger partial charge in [-0.3, -0.25) is 0 Å². The number of fused-ring (bicyclic) bond motifs is 1. The summed E-state index contributed by atoms with van der Waals surface area (Å²) in [5.41, 5.74) is 2.28. The van der Waals surface area contributed by atoms with Crippen LogP contribution in [0, 0.1) is 6.92 Å². The third-order valence-corrected chi connectivity index (χ3v) is 4.48. The lowest BCUT2D eigenvalue weighted by molar-refractivity contribution is 1.19. The predicted molar refractivity (Wildman–Crippen MR) is 86.5 cm³/mol. The summed E-state index contributed by atoms with van der Waals surface area (Å²) in [6.45, 7) is 4.25. The minimum absolute atomic E-state index is 0.787. The fourth-order valence-corrected chi connectivity index (χ4v) is 3.22. The zero-order valence-electron chi connectivity index (χ0n) is 11.9. The van der Waals surface area contributed by atoms with Crippen LogP contribution in [0.3, 0.4) is 0 Å². The maximum absolute atomic E-state index is 4.73. The Kier molecular flexibility index (Phi) is 3.40. The van der Waals surface area contributed by atoms with Gasteiger partial charge >= 0.3 is 0 Å². The predicted octanol–water partition coefficient (Wildman–Crippen LogP) is 4.27. The van der Waals surface area contributed by atoms with Gasteiger partial charge in [-0.1, -0.05) is 30.7 Å². The van der Waals surface area contributed by atoms with Crippen LogP contribution in [0.15, 0.2) is 30.3 Å². The Labute approximate surface area is 122 Å². The van der Waals surface area contributed by atoms with Crippen LogP contribution in [-0.2, 0) is 6.42 Å². The first-order valence-electron chi connectivity index (χ1n) is 6.76. The molecule has 0 radical (unpaired) electrons. The first kappa shape index (κ1) is 13.1. The molecule has 0 fully saturated rings. The van der Waals surface area contributed by atoms with E-state index in [1.165, 1.54) is 10.4 Å². The number of hydrogen-bond acceptors (Lipinski definition) is 4. The quantitative estimate of drug-likeness (QED) is 0.780. The van der Waals surface area contributed by atoms with E-state index in [2.05, 4.69) is 48.4 Å². The first-order chi connectivity index (χ1) is 9.71. The second-order valence-electron chi connectivity index (χ2n) is 4.80. The molecule has 0 amide bonds. The molecule has 0 unspecified atom stereocenters. The van der Waals surface area contributed by atoms with Crippen molar-refractivity contribution in [1.82, 2.24) is 9.97 Å². The van der Waals surface area contributed by atoms with E-state index in [0.717, 1.165) is 33.8 Å². The van der Waals surface area contributed by atoms with Crippen LogP contribution in [-0.4, -0.2) is 17.0 Å². The Hall–Kier alpha value is -1.94. The standard InChI is InChI=1S/C16H17N3S/c1-4-12-9-13-15(17-3)18-14(19-16(13)20-12)11-7-5-6-10(2)8-11/h5-9H,4H2,1-3H3,(H,17,18,19). The van der Waals surface area contributed by atoms with Crippen molar-refractivity contribution in [2.75, 3.05) is 12.4 Å². The van der Waals surface area contributed by atoms with E-state index in [1.54, 1.807) is 11.3 Å². The lowest BCUT2D eigenvalue weighted by atomic mass is 10.1. The molecule has 4 heteroatoms. The van der Waals surface area contributed by atoms with Gasteiger partial charge in [-0.2, -0.15) is 0 Å². The highest BCUT2D eigenvalue weighted by Crippen LogP contribution is 2.31. The molecule has 2 aromatic heterocycles. The Balaban J connectivity index is 2.21. The van der Waals surface area contributed by atoms with E-state index in [1.807, 2.05) is 13.1 Å². The summed E-state index contributed by atoms with van der Waals surface area (Å²) < 4.78 is 0. The largest absolute Gasteiger partial charge is 0.372 e. The maximum atomic E-state index is 4.73. The van der Waals surface area contributed by atoms with E-state index in [-0.39, 0.29) is 0 Å². The summed E-state index contributed by atoms with van der Waals surface area (Å²) >= 11 is 1.75. The van der Waals surface area contributed by atoms with Crippen molar-refractivity contribution in [2.45, 2.75) is 20.3 Å². The Bertz CT molecular complexity index is 762. The van der Waals surface area contributed by atoms with E-state index >= 15 is 0 Å². The molecule has 0 aliphatic heterocycles. The van der Waals surface area contributed by atoms with Crippen LogP contribution in [0.25, 0.3) is 21.6 Å². The fraction of sp³-hybridized carbons (Fsp3) is 0.250. The van der Waals surface area contributed by atoms with Crippen molar-refractivity contribution in [3.05, 3.63) is 40.8 Å². The minimum Gasteiger partial charge on any atom is -0.372 e. The summed E-state index contributed by atoms with van der Waals surface area (Å²) in [5, 5.41) is 4.30. The number of benzene rings is 1. The van der Waals surface area contributed by atoms with Crippen LogP contribution >= 0.6 is 11.3 Å². The molecule has 1 N–H and O–H groups in total. The molecule has 102 valence electrons. The van der Waals surface area contributed by atoms with Crippen molar-refractivity contribution in [1.29, 1.82) is 0 Å². The Morgan fingerprint density at radius 3 is 2.75 bits per heavy atom. The number of hydrogen-bond donors (Lipinski definition) is 1. The third-order valence-electron chi connectivity index (χ3n) is 3.31. The molecule has 0 saturated heterocycles. The number of nitrogens with zero attached hydrogens (tertiary/aromatic N) is 2. The highest BCUT2D eigenvalue weighted by Gasteiger charge is 2.11. The van der Waals surface area contributed by atoms with Crippen molar-refractivity contribution >= 4 is 27.4 Å². The van der Waals surface area contributed by atoms with Crippen molar-refractivity contribution in [3.63, 3.8) is 0 Å². The summed E-state index contributed by atoms with van der Waals surface area (Å²) in [4.78, 5) is 11.8. The second kappa shape index (κ2) is 5.21. The summed E-state index contributed by atoms with van der Waals surface area (Å²) in [7, 11) is 1.91. The van der Waals surface area contributed by atoms with Gasteiger partial charge in [-0.25, -0.2) is 9.97 Å². The number of nitrogens with one attached hydrogen (secondary N) is 1. The fourth-order valence-electron chi connectivity index (χ4n) is 2.25. The molecule has 0 aliphatic carbocycles. The first-order valence-corrected chi connectivity index (χ1v) is 7.58. The summed E-state index contributed by atoms with van der Waals surface area (Å²) in [6.07, 6.45) is 1.03. The van der Waals surface area contributed by atoms with Gasteiger partial charge in [0.25, 0.3) is 0 Å².